The number of benzene rings is 4. The fourth-order valence-electron chi connectivity index (χ4n) is 5.40. The van der Waals surface area contributed by atoms with E-state index in [-0.39, 0.29) is 12.1 Å². The zero-order valence-corrected chi connectivity index (χ0v) is 20.4. The molecule has 1 N–H and O–H groups in total. The van der Waals surface area contributed by atoms with Crippen LogP contribution in [0.2, 0.25) is 0 Å². The SMILES string of the molecule is c1ccc([C@H]2COC(c3cccc4c3Nc3c(cccc3C3=N[C@@H](c5ccccc5)CO3)CC4)=N2)cc1. The number of hydrogen-bond acceptors (Lipinski definition) is 5. The highest BCUT2D eigenvalue weighted by molar-refractivity contribution is 6.05. The summed E-state index contributed by atoms with van der Waals surface area (Å²) in [6.07, 6.45) is 1.87. The van der Waals surface area contributed by atoms with E-state index in [1.165, 1.54) is 22.3 Å². The van der Waals surface area contributed by atoms with Gasteiger partial charge in [-0.25, -0.2) is 9.98 Å². The van der Waals surface area contributed by atoms with Gasteiger partial charge >= 0.3 is 0 Å². The molecule has 4 aromatic rings. The Morgan fingerprint density at radius 3 is 1.46 bits per heavy atom. The predicted octanol–water partition coefficient (Wildman–Crippen LogP) is 6.57. The monoisotopic (exact) mass is 485 g/mol. The van der Waals surface area contributed by atoms with Crippen molar-refractivity contribution in [2.75, 3.05) is 18.5 Å². The van der Waals surface area contributed by atoms with E-state index in [9.17, 15) is 0 Å². The number of hydrogen-bond donors (Lipinski definition) is 1. The zero-order valence-electron chi connectivity index (χ0n) is 20.4. The molecule has 0 saturated carbocycles. The first-order chi connectivity index (χ1) is 18.3. The van der Waals surface area contributed by atoms with Gasteiger partial charge in [0.05, 0.1) is 22.5 Å². The lowest BCUT2D eigenvalue weighted by molar-refractivity contribution is 0.320. The third-order valence-electron chi connectivity index (χ3n) is 7.35. The van der Waals surface area contributed by atoms with Crippen LogP contribution in [-0.4, -0.2) is 25.0 Å². The van der Waals surface area contributed by atoms with Crippen molar-refractivity contribution in [3.05, 3.63) is 130 Å². The Hall–Kier alpha value is -4.38. The number of nitrogens with one attached hydrogen (secondary N) is 1. The van der Waals surface area contributed by atoms with E-state index in [0.29, 0.717) is 25.0 Å². The summed E-state index contributed by atoms with van der Waals surface area (Å²) in [5, 5.41) is 3.78. The summed E-state index contributed by atoms with van der Waals surface area (Å²) < 4.78 is 12.3. The molecule has 3 aliphatic rings. The second-order valence-electron chi connectivity index (χ2n) is 9.65. The number of nitrogens with zero attached hydrogens (tertiary/aromatic N) is 2. The molecule has 2 atom stereocenters. The first-order valence-corrected chi connectivity index (χ1v) is 12.9. The van der Waals surface area contributed by atoms with Crippen molar-refractivity contribution in [2.24, 2.45) is 9.98 Å². The Morgan fingerprint density at radius 1 is 0.541 bits per heavy atom. The Balaban J connectivity index is 1.25. The molecule has 0 radical (unpaired) electrons. The van der Waals surface area contributed by atoms with Gasteiger partial charge in [-0.3, -0.25) is 0 Å². The van der Waals surface area contributed by atoms with Crippen LogP contribution in [-0.2, 0) is 22.3 Å². The highest BCUT2D eigenvalue weighted by Gasteiger charge is 2.28. The number of anilines is 2. The summed E-state index contributed by atoms with van der Waals surface area (Å²) in [6, 6.07) is 33.5. The molecule has 4 aromatic carbocycles. The highest BCUT2D eigenvalue weighted by atomic mass is 16.5. The fraction of sp³-hybridized carbons (Fsp3) is 0.188. The summed E-state index contributed by atoms with van der Waals surface area (Å²) in [4.78, 5) is 9.95. The zero-order chi connectivity index (χ0) is 24.6. The van der Waals surface area contributed by atoms with Crippen LogP contribution >= 0.6 is 0 Å². The molecule has 0 saturated heterocycles. The van der Waals surface area contributed by atoms with Gasteiger partial charge < -0.3 is 14.8 Å². The van der Waals surface area contributed by atoms with Gasteiger partial charge in [-0.15, -0.1) is 0 Å². The van der Waals surface area contributed by atoms with Gasteiger partial charge in [-0.05, 0) is 47.2 Å². The second kappa shape index (κ2) is 9.25. The van der Waals surface area contributed by atoms with Crippen LogP contribution in [0.5, 0.6) is 0 Å². The van der Waals surface area contributed by atoms with Crippen molar-refractivity contribution in [1.82, 2.24) is 0 Å². The van der Waals surface area contributed by atoms with Crippen LogP contribution in [0.3, 0.4) is 0 Å². The van der Waals surface area contributed by atoms with E-state index >= 15 is 0 Å². The molecule has 0 aromatic heterocycles. The molecule has 7 rings (SSSR count). The molecule has 182 valence electrons. The van der Waals surface area contributed by atoms with Crippen LogP contribution < -0.4 is 5.32 Å². The van der Waals surface area contributed by atoms with Gasteiger partial charge in [0.1, 0.15) is 25.3 Å². The van der Waals surface area contributed by atoms with E-state index in [1.807, 2.05) is 36.4 Å². The first kappa shape index (κ1) is 21.9. The molecule has 5 nitrogen and oxygen atoms in total. The molecule has 37 heavy (non-hydrogen) atoms. The molecule has 3 aliphatic heterocycles. The predicted molar refractivity (Wildman–Crippen MR) is 147 cm³/mol. The van der Waals surface area contributed by atoms with Crippen molar-refractivity contribution in [3.8, 4) is 0 Å². The minimum Gasteiger partial charge on any atom is -0.475 e. The van der Waals surface area contributed by atoms with Crippen molar-refractivity contribution in [2.45, 2.75) is 24.9 Å². The van der Waals surface area contributed by atoms with Crippen molar-refractivity contribution in [1.29, 1.82) is 0 Å². The maximum absolute atomic E-state index is 6.16. The number of aliphatic imine (C=N–C) groups is 2. The van der Waals surface area contributed by atoms with Gasteiger partial charge in [-0.1, -0.05) is 84.9 Å². The first-order valence-electron chi connectivity index (χ1n) is 12.9. The maximum Gasteiger partial charge on any atom is 0.219 e. The van der Waals surface area contributed by atoms with Gasteiger partial charge in [0, 0.05) is 0 Å². The minimum absolute atomic E-state index is 0.0110. The van der Waals surface area contributed by atoms with Crippen LogP contribution in [0, 0.1) is 0 Å². The van der Waals surface area contributed by atoms with Crippen molar-refractivity contribution in [3.63, 3.8) is 0 Å². The highest BCUT2D eigenvalue weighted by Crippen LogP contribution is 2.38. The summed E-state index contributed by atoms with van der Waals surface area (Å²) in [7, 11) is 0. The van der Waals surface area contributed by atoms with Crippen LogP contribution in [0.1, 0.15) is 45.5 Å². The summed E-state index contributed by atoms with van der Waals surface area (Å²) in [6.45, 7) is 1.10. The maximum atomic E-state index is 6.16. The molecule has 5 heteroatoms. The van der Waals surface area contributed by atoms with Crippen molar-refractivity contribution < 1.29 is 9.47 Å². The Bertz CT molecular complexity index is 1400. The van der Waals surface area contributed by atoms with Gasteiger partial charge in [0.15, 0.2) is 0 Å². The number of aryl methyl sites for hydroxylation is 2. The largest absolute Gasteiger partial charge is 0.475 e. The summed E-state index contributed by atoms with van der Waals surface area (Å²) in [5.74, 6) is 1.38. The van der Waals surface area contributed by atoms with E-state index in [1.54, 1.807) is 0 Å². The van der Waals surface area contributed by atoms with Crippen LogP contribution in [0.15, 0.2) is 107 Å². The normalized spacial score (nSPS) is 19.9. The quantitative estimate of drug-likeness (QED) is 0.356. The molecule has 0 spiro atoms. The van der Waals surface area contributed by atoms with E-state index in [4.69, 9.17) is 19.5 Å². The average Bonchev–Trinajstić information content (AvgIpc) is 3.61. The molecular weight excluding hydrogens is 458 g/mol. The molecule has 0 unspecified atom stereocenters. The fourth-order valence-corrected chi connectivity index (χ4v) is 5.40. The van der Waals surface area contributed by atoms with Gasteiger partial charge in [0.25, 0.3) is 0 Å². The topological polar surface area (TPSA) is 55.2 Å². The average molecular weight is 486 g/mol. The molecule has 0 amide bonds. The molecule has 0 bridgehead atoms. The van der Waals surface area contributed by atoms with Crippen LogP contribution in [0.4, 0.5) is 11.4 Å². The van der Waals surface area contributed by atoms with Gasteiger partial charge in [0.2, 0.25) is 11.8 Å². The Morgan fingerprint density at radius 2 is 1.00 bits per heavy atom. The van der Waals surface area contributed by atoms with Gasteiger partial charge in [-0.2, -0.15) is 0 Å². The lowest BCUT2D eigenvalue weighted by atomic mass is 10.0. The smallest absolute Gasteiger partial charge is 0.219 e. The molecule has 0 fully saturated rings. The Kier molecular flexibility index (Phi) is 5.47. The van der Waals surface area contributed by atoms with E-state index in [2.05, 4.69) is 66.0 Å². The third-order valence-corrected chi connectivity index (χ3v) is 7.35. The minimum atomic E-state index is 0.0110. The number of para-hydroxylation sites is 2. The Labute approximate surface area is 216 Å². The lowest BCUT2D eigenvalue weighted by Crippen LogP contribution is -2.10. The van der Waals surface area contributed by atoms with E-state index < -0.39 is 0 Å². The third kappa shape index (κ3) is 4.06. The van der Waals surface area contributed by atoms with Crippen molar-refractivity contribution >= 4 is 23.2 Å². The number of ether oxygens (including phenoxy) is 2. The number of rotatable bonds is 4. The molecule has 3 heterocycles. The summed E-state index contributed by atoms with van der Waals surface area (Å²) >= 11 is 0. The summed E-state index contributed by atoms with van der Waals surface area (Å²) in [5.41, 5.74) is 8.95. The standard InChI is InChI=1S/C32H27N3O2/c1-3-9-21(10-4-1)27-19-36-31(33-27)25-15-7-13-23-17-18-24-14-8-16-26(30(24)35-29(23)25)32-34-28(20-37-32)22-11-5-2-6-12-22/h1-16,27-28,35H,17-20H2/t27-,28-/m1/s1. The molecule has 0 aliphatic carbocycles. The second-order valence-corrected chi connectivity index (χ2v) is 9.65. The number of fused-ring (bicyclic) bond motifs is 2. The lowest BCUT2D eigenvalue weighted by Gasteiger charge is -2.17. The van der Waals surface area contributed by atoms with E-state index in [0.717, 1.165) is 35.3 Å². The molecular formula is C32H27N3O2. The van der Waals surface area contributed by atoms with Crippen LogP contribution in [0.25, 0.3) is 0 Å².